The molecule has 0 spiro atoms. The molecule has 274 valence electrons. The number of hydrogen-bond donors (Lipinski definition) is 2. The lowest BCUT2D eigenvalue weighted by atomic mass is 10.0. The van der Waals surface area contributed by atoms with Crippen LogP contribution in [0.5, 0.6) is 0 Å². The molecule has 0 aromatic heterocycles. The van der Waals surface area contributed by atoms with Crippen molar-refractivity contribution in [3.05, 3.63) is 37.1 Å². The predicted octanol–water partition coefficient (Wildman–Crippen LogP) is 11.0. The molecule has 0 saturated carbocycles. The highest BCUT2D eigenvalue weighted by atomic mass is 16.5. The Bertz CT molecular complexity index is 753. The van der Waals surface area contributed by atoms with Crippen molar-refractivity contribution in [2.75, 3.05) is 27.1 Å². The molecule has 0 heterocycles. The molecule has 47 heavy (non-hydrogen) atoms. The van der Waals surface area contributed by atoms with E-state index in [-0.39, 0.29) is 26.3 Å². The van der Waals surface area contributed by atoms with Crippen molar-refractivity contribution in [2.24, 2.45) is 0 Å². The molecule has 0 unspecified atom stereocenters. The van der Waals surface area contributed by atoms with Crippen molar-refractivity contribution < 1.29 is 29.3 Å². The van der Waals surface area contributed by atoms with Gasteiger partial charge >= 0.3 is 11.9 Å². The smallest absolute Gasteiger partial charge is 0.303 e. The maximum absolute atomic E-state index is 10.6. The fraction of sp³-hybridized carbons (Fsp3) is 0.795. The summed E-state index contributed by atoms with van der Waals surface area (Å²) in [6.45, 7) is 3.76. The summed E-state index contributed by atoms with van der Waals surface area (Å²) in [6, 6.07) is 0. The molecule has 8 nitrogen and oxygen atoms in total. The van der Waals surface area contributed by atoms with Gasteiger partial charge in [-0.05, 0) is 31.4 Å². The maximum Gasteiger partial charge on any atom is 0.303 e. The summed E-state index contributed by atoms with van der Waals surface area (Å²) in [5.74, 6) is -1.67. The van der Waals surface area contributed by atoms with Crippen molar-refractivity contribution in [3.63, 3.8) is 0 Å². The van der Waals surface area contributed by atoms with Gasteiger partial charge in [-0.15, -0.1) is 0 Å². The highest BCUT2D eigenvalue weighted by molar-refractivity contribution is 5.67. The molecule has 0 amide bonds. The Morgan fingerprint density at radius 1 is 0.532 bits per heavy atom. The fourth-order valence-electron chi connectivity index (χ4n) is 5.34. The van der Waals surface area contributed by atoms with Gasteiger partial charge in [0.05, 0.1) is 12.5 Å². The molecule has 0 aromatic carbocycles. The van der Waals surface area contributed by atoms with Gasteiger partial charge < -0.3 is 29.5 Å². The van der Waals surface area contributed by atoms with Gasteiger partial charge in [-0.2, -0.15) is 0 Å². The predicted molar refractivity (Wildman–Crippen MR) is 195 cm³/mol. The first kappa shape index (κ1) is 44.4. The molecule has 8 heteroatoms. The number of aliphatic carboxylic acids is 2. The molecule has 0 aromatic rings. The van der Waals surface area contributed by atoms with Crippen LogP contribution in [0.15, 0.2) is 37.1 Å². The molecule has 0 atom stereocenters. The van der Waals surface area contributed by atoms with Gasteiger partial charge in [0.2, 0.25) is 0 Å². The summed E-state index contributed by atoms with van der Waals surface area (Å²) in [5, 5.41) is 17.5. The largest absolute Gasteiger partial charge is 0.481 e. The molecule has 0 rings (SSSR count). The number of rotatable bonds is 37. The number of unbranched alkanes of at least 4 members (excludes halogenated alkanes) is 21. The van der Waals surface area contributed by atoms with Gasteiger partial charge in [-0.25, -0.2) is 0 Å². The number of allylic oxidation sites excluding steroid dienone is 2. The second-order valence-electron chi connectivity index (χ2n) is 13.0. The van der Waals surface area contributed by atoms with E-state index in [2.05, 4.69) is 18.9 Å². The Balaban J connectivity index is 3.82. The third-order valence-corrected chi connectivity index (χ3v) is 8.31. The van der Waals surface area contributed by atoms with Gasteiger partial charge in [-0.3, -0.25) is 9.59 Å². The summed E-state index contributed by atoms with van der Waals surface area (Å²) in [5.41, 5.74) is 0. The number of hydrogen-bond acceptors (Lipinski definition) is 6. The van der Waals surface area contributed by atoms with Crippen LogP contribution in [-0.2, 0) is 19.1 Å². The second-order valence-corrected chi connectivity index (χ2v) is 13.0. The van der Waals surface area contributed by atoms with Crippen molar-refractivity contribution in [1.82, 2.24) is 9.80 Å². The van der Waals surface area contributed by atoms with Crippen molar-refractivity contribution >= 4 is 11.9 Å². The summed E-state index contributed by atoms with van der Waals surface area (Å²) >= 11 is 0. The van der Waals surface area contributed by atoms with Crippen molar-refractivity contribution in [2.45, 2.75) is 174 Å². The topological polar surface area (TPSA) is 99.5 Å². The SMILES string of the molecule is CCCCCCCCCCCCCCCCCCCCCCCCN(C)C=CN(COC=CCCC(=O)O)COC=CCCC(=O)O. The van der Waals surface area contributed by atoms with E-state index in [1.807, 2.05) is 17.3 Å². The summed E-state index contributed by atoms with van der Waals surface area (Å²) in [7, 11) is 2.06. The molecule has 2 N–H and O–H groups in total. The number of carbonyl (C=O) groups is 2. The number of carboxylic acid groups (broad SMARTS) is 2. The zero-order valence-corrected chi connectivity index (χ0v) is 30.4. The lowest BCUT2D eigenvalue weighted by Gasteiger charge is -2.21. The molecular formula is C39H72N2O6. The Kier molecular flexibility index (Phi) is 34.2. The standard InChI is InChI=1S/C39H72N2O6/c1-3-4-5-6-7-8-9-10-11-12-13-14-15-16-17-18-19-20-21-22-23-26-31-40(2)32-33-41(36-46-34-27-24-29-38(42)43)37-47-35-28-25-30-39(44)45/h27-28,32-35H,3-26,29-31,36-37H2,1-2H3,(H,42,43)(H,44,45). The van der Waals surface area contributed by atoms with E-state index in [9.17, 15) is 9.59 Å². The Labute approximate surface area is 288 Å². The van der Waals surface area contributed by atoms with Crippen LogP contribution >= 0.6 is 0 Å². The summed E-state index contributed by atoms with van der Waals surface area (Å²) < 4.78 is 11.1. The summed E-state index contributed by atoms with van der Waals surface area (Å²) in [6.07, 6.45) is 41.9. The van der Waals surface area contributed by atoms with Crippen molar-refractivity contribution in [3.8, 4) is 0 Å². The fourth-order valence-corrected chi connectivity index (χ4v) is 5.34. The monoisotopic (exact) mass is 665 g/mol. The normalized spacial score (nSPS) is 11.6. The molecule has 0 bridgehead atoms. The van der Waals surface area contributed by atoms with E-state index in [1.54, 1.807) is 12.2 Å². The van der Waals surface area contributed by atoms with Crippen LogP contribution < -0.4 is 0 Å². The zero-order chi connectivity index (χ0) is 34.5. The first-order chi connectivity index (χ1) is 23.0. The Hall–Kier alpha value is -2.64. The lowest BCUT2D eigenvalue weighted by Crippen LogP contribution is -2.23. The van der Waals surface area contributed by atoms with E-state index in [4.69, 9.17) is 19.7 Å². The molecule has 0 aliphatic carbocycles. The molecule has 0 aliphatic heterocycles. The minimum absolute atomic E-state index is 0.0675. The van der Waals surface area contributed by atoms with E-state index in [1.165, 1.54) is 147 Å². The van der Waals surface area contributed by atoms with Crippen LogP contribution in [0.25, 0.3) is 0 Å². The number of carboxylic acids is 2. The van der Waals surface area contributed by atoms with Crippen LogP contribution in [0.4, 0.5) is 0 Å². The van der Waals surface area contributed by atoms with Crippen LogP contribution in [0.1, 0.15) is 174 Å². The van der Waals surface area contributed by atoms with Gasteiger partial charge in [0.25, 0.3) is 0 Å². The zero-order valence-electron chi connectivity index (χ0n) is 30.4. The average Bonchev–Trinajstić information content (AvgIpc) is 3.04. The molecule has 0 saturated heterocycles. The van der Waals surface area contributed by atoms with Crippen LogP contribution in [0.2, 0.25) is 0 Å². The lowest BCUT2D eigenvalue weighted by molar-refractivity contribution is -0.137. The third kappa shape index (κ3) is 37.7. The van der Waals surface area contributed by atoms with Gasteiger partial charge in [-0.1, -0.05) is 142 Å². The quantitative estimate of drug-likeness (QED) is 0.0384. The number of ether oxygens (including phenoxy) is 2. The van der Waals surface area contributed by atoms with E-state index < -0.39 is 11.9 Å². The third-order valence-electron chi connectivity index (χ3n) is 8.31. The maximum atomic E-state index is 10.6. The molecule has 0 aliphatic rings. The van der Waals surface area contributed by atoms with E-state index in [0.717, 1.165) is 13.0 Å². The van der Waals surface area contributed by atoms with Crippen LogP contribution in [-0.4, -0.2) is 59.0 Å². The highest BCUT2D eigenvalue weighted by Gasteiger charge is 2.01. The van der Waals surface area contributed by atoms with E-state index >= 15 is 0 Å². The van der Waals surface area contributed by atoms with Crippen LogP contribution in [0.3, 0.4) is 0 Å². The summed E-state index contributed by atoms with van der Waals surface area (Å²) in [4.78, 5) is 25.3. The van der Waals surface area contributed by atoms with E-state index in [0.29, 0.717) is 12.8 Å². The minimum atomic E-state index is -0.837. The average molecular weight is 665 g/mol. The van der Waals surface area contributed by atoms with Gasteiger partial charge in [0, 0.05) is 38.8 Å². The molecule has 0 fully saturated rings. The first-order valence-electron chi connectivity index (χ1n) is 19.0. The molecule has 0 radical (unpaired) electrons. The first-order valence-corrected chi connectivity index (χ1v) is 19.0. The second kappa shape index (κ2) is 36.2. The highest BCUT2D eigenvalue weighted by Crippen LogP contribution is 2.15. The van der Waals surface area contributed by atoms with Gasteiger partial charge in [0.15, 0.2) is 13.5 Å². The Morgan fingerprint density at radius 3 is 1.21 bits per heavy atom. The van der Waals surface area contributed by atoms with Crippen molar-refractivity contribution in [1.29, 1.82) is 0 Å². The number of nitrogens with zero attached hydrogens (tertiary/aromatic N) is 2. The van der Waals surface area contributed by atoms with Crippen LogP contribution in [0, 0.1) is 0 Å². The minimum Gasteiger partial charge on any atom is -0.481 e. The Morgan fingerprint density at radius 2 is 0.872 bits per heavy atom. The van der Waals surface area contributed by atoms with Gasteiger partial charge in [0.1, 0.15) is 0 Å². The molecular weight excluding hydrogens is 592 g/mol.